The van der Waals surface area contributed by atoms with Crippen molar-refractivity contribution in [1.29, 1.82) is 0 Å². The van der Waals surface area contributed by atoms with Gasteiger partial charge < -0.3 is 10.5 Å². The topological polar surface area (TPSA) is 52.3 Å². The van der Waals surface area contributed by atoms with E-state index in [-0.39, 0.29) is 0 Å². The van der Waals surface area contributed by atoms with E-state index in [2.05, 4.69) is 4.74 Å². The number of methoxy groups -OCH3 is 1. The van der Waals surface area contributed by atoms with Crippen LogP contribution in [0, 0.1) is 0 Å². The number of carbonyl (C=O) groups is 1. The summed E-state index contributed by atoms with van der Waals surface area (Å²) in [6.45, 7) is 4.36. The van der Waals surface area contributed by atoms with Gasteiger partial charge in [0.25, 0.3) is 0 Å². The number of halogens is 1. The van der Waals surface area contributed by atoms with Crippen LogP contribution in [0.4, 0.5) is 0 Å². The van der Waals surface area contributed by atoms with Crippen molar-refractivity contribution in [3.63, 3.8) is 0 Å². The highest BCUT2D eigenvalue weighted by Gasteiger charge is 2.07. The van der Waals surface area contributed by atoms with E-state index in [0.717, 1.165) is 5.56 Å². The Hall–Kier alpha value is -1.06. The minimum atomic E-state index is -0.398. The first-order valence-electron chi connectivity index (χ1n) is 4.76. The average molecular weight is 230 g/mol. The normalized spacial score (nSPS) is 8.87. The Labute approximate surface area is 95.2 Å². The minimum Gasteiger partial charge on any atom is -0.465 e. The van der Waals surface area contributed by atoms with Crippen molar-refractivity contribution >= 4 is 17.6 Å². The quantitative estimate of drug-likeness (QED) is 0.794. The van der Waals surface area contributed by atoms with Crippen LogP contribution in [-0.2, 0) is 11.3 Å². The second-order valence-corrected chi connectivity index (χ2v) is 2.91. The van der Waals surface area contributed by atoms with E-state index in [4.69, 9.17) is 17.3 Å². The van der Waals surface area contributed by atoms with Crippen LogP contribution in [0.1, 0.15) is 29.8 Å². The summed E-state index contributed by atoms with van der Waals surface area (Å²) < 4.78 is 4.54. The molecule has 0 aliphatic heterocycles. The monoisotopic (exact) mass is 229 g/mol. The zero-order valence-electron chi connectivity index (χ0n) is 9.21. The molecule has 0 saturated carbocycles. The van der Waals surface area contributed by atoms with Crippen molar-refractivity contribution in [1.82, 2.24) is 0 Å². The van der Waals surface area contributed by atoms with Gasteiger partial charge in [-0.2, -0.15) is 0 Å². The first-order valence-corrected chi connectivity index (χ1v) is 5.13. The molecule has 1 rings (SSSR count). The SMILES string of the molecule is CC.COC(=O)c1ccc(CN)c(Cl)c1. The molecule has 3 nitrogen and oxygen atoms in total. The summed E-state index contributed by atoms with van der Waals surface area (Å²) in [7, 11) is 1.33. The van der Waals surface area contributed by atoms with Crippen LogP contribution in [0.2, 0.25) is 5.02 Å². The van der Waals surface area contributed by atoms with Crippen LogP contribution >= 0.6 is 11.6 Å². The van der Waals surface area contributed by atoms with Crippen LogP contribution in [0.15, 0.2) is 18.2 Å². The molecule has 1 aromatic rings. The van der Waals surface area contributed by atoms with Gasteiger partial charge >= 0.3 is 5.97 Å². The van der Waals surface area contributed by atoms with Crippen molar-refractivity contribution < 1.29 is 9.53 Å². The molecule has 4 heteroatoms. The predicted molar refractivity (Wildman–Crippen MR) is 62.0 cm³/mol. The lowest BCUT2D eigenvalue weighted by molar-refractivity contribution is 0.0600. The van der Waals surface area contributed by atoms with Gasteiger partial charge in [-0.1, -0.05) is 31.5 Å². The maximum Gasteiger partial charge on any atom is 0.337 e. The second-order valence-electron chi connectivity index (χ2n) is 2.50. The first-order chi connectivity index (χ1) is 7.19. The molecule has 0 fully saturated rings. The summed E-state index contributed by atoms with van der Waals surface area (Å²) in [5, 5.41) is 0.491. The van der Waals surface area contributed by atoms with Gasteiger partial charge in [0.05, 0.1) is 12.7 Å². The molecule has 2 N–H and O–H groups in total. The number of hydrogen-bond acceptors (Lipinski definition) is 3. The smallest absolute Gasteiger partial charge is 0.337 e. The zero-order valence-corrected chi connectivity index (χ0v) is 9.97. The largest absolute Gasteiger partial charge is 0.465 e. The molecule has 0 unspecified atom stereocenters. The molecule has 0 bridgehead atoms. The van der Waals surface area contributed by atoms with Gasteiger partial charge in [-0.25, -0.2) is 4.79 Å². The van der Waals surface area contributed by atoms with Crippen LogP contribution in [0.5, 0.6) is 0 Å². The molecule has 0 radical (unpaired) electrons. The van der Waals surface area contributed by atoms with E-state index >= 15 is 0 Å². The van der Waals surface area contributed by atoms with Gasteiger partial charge in [0.2, 0.25) is 0 Å². The Morgan fingerprint density at radius 1 is 1.47 bits per heavy atom. The number of hydrogen-bond donors (Lipinski definition) is 1. The molecular weight excluding hydrogens is 214 g/mol. The number of nitrogens with two attached hydrogens (primary N) is 1. The highest BCUT2D eigenvalue weighted by Crippen LogP contribution is 2.17. The van der Waals surface area contributed by atoms with Crippen molar-refractivity contribution in [3.05, 3.63) is 34.3 Å². The Balaban J connectivity index is 0.000000921. The van der Waals surface area contributed by atoms with Crippen molar-refractivity contribution in [3.8, 4) is 0 Å². The third-order valence-corrected chi connectivity index (χ3v) is 2.05. The predicted octanol–water partition coefficient (Wildman–Crippen LogP) is 2.61. The number of rotatable bonds is 2. The lowest BCUT2D eigenvalue weighted by Crippen LogP contribution is -2.03. The summed E-state index contributed by atoms with van der Waals surface area (Å²) in [5.41, 5.74) is 6.66. The summed E-state index contributed by atoms with van der Waals surface area (Å²) in [6, 6.07) is 4.91. The summed E-state index contributed by atoms with van der Waals surface area (Å²) >= 11 is 5.84. The Kier molecular flexibility index (Phi) is 6.75. The maximum atomic E-state index is 11.1. The van der Waals surface area contributed by atoms with Gasteiger partial charge in [-0.05, 0) is 17.7 Å². The lowest BCUT2D eigenvalue weighted by Gasteiger charge is -2.03. The first kappa shape index (κ1) is 13.9. The van der Waals surface area contributed by atoms with Gasteiger partial charge in [0, 0.05) is 11.6 Å². The van der Waals surface area contributed by atoms with Gasteiger partial charge in [0.1, 0.15) is 0 Å². The zero-order chi connectivity index (χ0) is 11.8. The maximum absolute atomic E-state index is 11.1. The summed E-state index contributed by atoms with van der Waals surface area (Å²) in [5.74, 6) is -0.398. The number of esters is 1. The molecule has 15 heavy (non-hydrogen) atoms. The van der Waals surface area contributed by atoms with Crippen molar-refractivity contribution in [2.75, 3.05) is 7.11 Å². The Morgan fingerprint density at radius 3 is 2.47 bits per heavy atom. The molecule has 0 heterocycles. The third-order valence-electron chi connectivity index (χ3n) is 1.69. The van der Waals surface area contributed by atoms with Gasteiger partial charge in [-0.3, -0.25) is 0 Å². The molecular formula is C11H16ClNO2. The molecule has 0 aromatic heterocycles. The van der Waals surface area contributed by atoms with E-state index in [0.29, 0.717) is 17.1 Å². The molecule has 0 atom stereocenters. The lowest BCUT2D eigenvalue weighted by atomic mass is 10.1. The van der Waals surface area contributed by atoms with Crippen LogP contribution < -0.4 is 5.73 Å². The summed E-state index contributed by atoms with van der Waals surface area (Å²) in [6.07, 6.45) is 0. The number of carbonyl (C=O) groups excluding carboxylic acids is 1. The van der Waals surface area contributed by atoms with E-state index in [1.54, 1.807) is 18.2 Å². The molecule has 1 aromatic carbocycles. The van der Waals surface area contributed by atoms with E-state index in [9.17, 15) is 4.79 Å². The molecule has 0 amide bonds. The summed E-state index contributed by atoms with van der Waals surface area (Å²) in [4.78, 5) is 11.1. The standard InChI is InChI=1S/C9H10ClNO2.C2H6/c1-13-9(12)6-2-3-7(5-11)8(10)4-6;1-2/h2-4H,5,11H2,1H3;1-2H3. The van der Waals surface area contributed by atoms with E-state index in [1.165, 1.54) is 7.11 Å². The average Bonchev–Trinajstić information content (AvgIpc) is 2.30. The van der Waals surface area contributed by atoms with Gasteiger partial charge in [-0.15, -0.1) is 0 Å². The Bertz CT molecular complexity index is 326. The highest BCUT2D eigenvalue weighted by molar-refractivity contribution is 6.31. The fourth-order valence-electron chi connectivity index (χ4n) is 0.958. The fourth-order valence-corrected chi connectivity index (χ4v) is 1.22. The van der Waals surface area contributed by atoms with E-state index in [1.807, 2.05) is 13.8 Å². The molecule has 0 aliphatic carbocycles. The minimum absolute atomic E-state index is 0.361. The van der Waals surface area contributed by atoms with Crippen LogP contribution in [-0.4, -0.2) is 13.1 Å². The highest BCUT2D eigenvalue weighted by atomic mass is 35.5. The number of ether oxygens (including phenoxy) is 1. The molecule has 0 spiro atoms. The van der Waals surface area contributed by atoms with Crippen LogP contribution in [0.25, 0.3) is 0 Å². The number of benzene rings is 1. The Morgan fingerprint density at radius 2 is 2.07 bits per heavy atom. The van der Waals surface area contributed by atoms with Crippen LogP contribution in [0.3, 0.4) is 0 Å². The second kappa shape index (κ2) is 7.26. The molecule has 0 saturated heterocycles. The van der Waals surface area contributed by atoms with E-state index < -0.39 is 5.97 Å². The van der Waals surface area contributed by atoms with Crippen molar-refractivity contribution in [2.24, 2.45) is 5.73 Å². The molecule has 84 valence electrons. The molecule has 0 aliphatic rings. The van der Waals surface area contributed by atoms with Gasteiger partial charge in [0.15, 0.2) is 0 Å². The third kappa shape index (κ3) is 3.90. The van der Waals surface area contributed by atoms with Crippen molar-refractivity contribution in [2.45, 2.75) is 20.4 Å². The fraction of sp³-hybridized carbons (Fsp3) is 0.364.